The molecule has 0 amide bonds. The minimum atomic E-state index is -4.83. The van der Waals surface area contributed by atoms with E-state index < -0.39 is 66.6 Å². The highest BCUT2D eigenvalue weighted by atomic mass is 19.4. The van der Waals surface area contributed by atoms with Gasteiger partial charge in [0.05, 0.1) is 24.3 Å². The Balaban J connectivity index is 1.52. The van der Waals surface area contributed by atoms with E-state index in [2.05, 4.69) is 20.7 Å². The Kier molecular flexibility index (Phi) is 8.08. The van der Waals surface area contributed by atoms with Crippen LogP contribution in [0, 0.1) is 0 Å². The molecule has 10 atom stereocenters. The van der Waals surface area contributed by atoms with Gasteiger partial charge in [0.15, 0.2) is 0 Å². The molecule has 210 valence electrons. The highest BCUT2D eigenvalue weighted by Gasteiger charge is 2.68. The predicted molar refractivity (Wildman–Crippen MR) is 121 cm³/mol. The van der Waals surface area contributed by atoms with Crippen LogP contribution >= 0.6 is 0 Å². The molecule has 1 aromatic carbocycles. The molecule has 1 aliphatic carbocycles. The molecule has 14 heteroatoms. The van der Waals surface area contributed by atoms with Gasteiger partial charge in [0.2, 0.25) is 12.1 Å². The number of ether oxygens (including phenoxy) is 4. The van der Waals surface area contributed by atoms with Gasteiger partial charge in [-0.3, -0.25) is 0 Å². The number of hydrogen-bond acceptors (Lipinski definition) is 11. The Bertz CT molecular complexity index is 945. The normalized spacial score (nSPS) is 42.1. The van der Waals surface area contributed by atoms with E-state index in [4.69, 9.17) is 14.2 Å². The molecule has 3 fully saturated rings. The maximum Gasteiger partial charge on any atom is 0.573 e. The van der Waals surface area contributed by atoms with E-state index in [1.807, 2.05) is 0 Å². The minimum Gasteiger partial charge on any atom is -0.406 e. The quantitative estimate of drug-likeness (QED) is 0.227. The first-order valence-electron chi connectivity index (χ1n) is 12.0. The summed E-state index contributed by atoms with van der Waals surface area (Å²) in [6, 6.07) is 3.83. The van der Waals surface area contributed by atoms with Crippen LogP contribution in [0.5, 0.6) is 5.75 Å². The third-order valence-corrected chi connectivity index (χ3v) is 7.23. The highest BCUT2D eigenvalue weighted by molar-refractivity contribution is 5.28. The zero-order valence-electron chi connectivity index (χ0n) is 20.6. The lowest BCUT2D eigenvalue weighted by Crippen LogP contribution is -2.81. The molecule has 4 rings (SSSR count). The van der Waals surface area contributed by atoms with E-state index in [-0.39, 0.29) is 25.3 Å². The van der Waals surface area contributed by atoms with Gasteiger partial charge < -0.3 is 55.3 Å². The summed E-state index contributed by atoms with van der Waals surface area (Å²) in [5.74, 6) is -2.78. The fourth-order valence-corrected chi connectivity index (χ4v) is 5.49. The molecule has 37 heavy (non-hydrogen) atoms. The second-order valence-electron chi connectivity index (χ2n) is 9.80. The molecular formula is C23H34F3N3O8. The molecule has 0 radical (unpaired) electrons. The molecule has 2 heterocycles. The van der Waals surface area contributed by atoms with Crippen LogP contribution in [0.25, 0.3) is 0 Å². The van der Waals surface area contributed by atoms with Crippen LogP contribution in [-0.2, 0) is 20.8 Å². The summed E-state index contributed by atoms with van der Waals surface area (Å²) >= 11 is 0. The van der Waals surface area contributed by atoms with Crippen LogP contribution in [-0.4, -0.2) is 108 Å². The summed E-state index contributed by atoms with van der Waals surface area (Å²) in [4.78, 5) is 0. The SMILES string of the molecule is CN[C@@H]1[C@H](O)[C@H](NC)C2O[C@]3(O)C(O[C@H](C)C[C@@]3(O)CNCc3cccc(OC(F)(F)F)c3)O[C@@H]2[C@H]1O. The molecular weight excluding hydrogens is 503 g/mol. The van der Waals surface area contributed by atoms with Gasteiger partial charge >= 0.3 is 6.36 Å². The van der Waals surface area contributed by atoms with Gasteiger partial charge in [-0.1, -0.05) is 12.1 Å². The molecule has 2 unspecified atom stereocenters. The van der Waals surface area contributed by atoms with Gasteiger partial charge in [-0.25, -0.2) is 0 Å². The number of benzene rings is 1. The topological polar surface area (TPSA) is 154 Å². The number of nitrogens with one attached hydrogen (secondary N) is 3. The first kappa shape index (κ1) is 28.4. The molecule has 0 bridgehead atoms. The fraction of sp³-hybridized carbons (Fsp3) is 0.739. The van der Waals surface area contributed by atoms with E-state index in [0.717, 1.165) is 0 Å². The summed E-state index contributed by atoms with van der Waals surface area (Å²) in [5.41, 5.74) is -1.52. The van der Waals surface area contributed by atoms with Crippen molar-refractivity contribution < 1.29 is 52.5 Å². The van der Waals surface area contributed by atoms with E-state index in [9.17, 15) is 33.6 Å². The lowest BCUT2D eigenvalue weighted by Gasteiger charge is -2.60. The van der Waals surface area contributed by atoms with Crippen LogP contribution in [0.15, 0.2) is 24.3 Å². The van der Waals surface area contributed by atoms with Gasteiger partial charge in [0.1, 0.15) is 29.7 Å². The Morgan fingerprint density at radius 3 is 2.41 bits per heavy atom. The van der Waals surface area contributed by atoms with E-state index in [0.29, 0.717) is 5.56 Å². The fourth-order valence-electron chi connectivity index (χ4n) is 5.49. The molecule has 1 aromatic rings. The molecule has 2 saturated heterocycles. The van der Waals surface area contributed by atoms with Gasteiger partial charge in [-0.05, 0) is 38.7 Å². The highest BCUT2D eigenvalue weighted by Crippen LogP contribution is 2.46. The Labute approximate surface area is 211 Å². The predicted octanol–water partition coefficient (Wildman–Crippen LogP) is -1.08. The van der Waals surface area contributed by atoms with Crippen LogP contribution in [0.1, 0.15) is 18.9 Å². The number of hydrogen-bond donors (Lipinski definition) is 7. The second kappa shape index (κ2) is 10.5. The van der Waals surface area contributed by atoms with Crippen molar-refractivity contribution in [3.8, 4) is 5.75 Å². The maximum atomic E-state index is 12.5. The van der Waals surface area contributed by atoms with Crippen molar-refractivity contribution in [2.75, 3.05) is 20.6 Å². The third-order valence-electron chi connectivity index (χ3n) is 7.23. The van der Waals surface area contributed by atoms with Crippen LogP contribution in [0.3, 0.4) is 0 Å². The van der Waals surface area contributed by atoms with Crippen molar-refractivity contribution >= 4 is 0 Å². The van der Waals surface area contributed by atoms with E-state index in [1.54, 1.807) is 27.1 Å². The Hall–Kier alpha value is -1.59. The number of aliphatic hydroxyl groups is 4. The summed E-state index contributed by atoms with van der Waals surface area (Å²) < 4.78 is 59.3. The van der Waals surface area contributed by atoms with Gasteiger partial charge in [0.25, 0.3) is 0 Å². The van der Waals surface area contributed by atoms with Gasteiger partial charge in [0, 0.05) is 19.5 Å². The average Bonchev–Trinajstić information content (AvgIpc) is 2.79. The molecule has 7 N–H and O–H groups in total. The average molecular weight is 538 g/mol. The maximum absolute atomic E-state index is 12.5. The summed E-state index contributed by atoms with van der Waals surface area (Å²) in [6.07, 6.45) is -11.3. The van der Waals surface area contributed by atoms with Gasteiger partial charge in [-0.2, -0.15) is 0 Å². The van der Waals surface area contributed by atoms with Crippen molar-refractivity contribution in [3.05, 3.63) is 29.8 Å². The summed E-state index contributed by atoms with van der Waals surface area (Å²) in [6.45, 7) is 1.47. The number of alkyl halides is 3. The molecule has 0 aromatic heterocycles. The lowest BCUT2D eigenvalue weighted by molar-refractivity contribution is -0.482. The van der Waals surface area contributed by atoms with Crippen LogP contribution in [0.4, 0.5) is 13.2 Å². The van der Waals surface area contributed by atoms with Gasteiger partial charge in [-0.15, -0.1) is 13.2 Å². The summed E-state index contributed by atoms with van der Waals surface area (Å²) in [5, 5.41) is 53.6. The summed E-state index contributed by atoms with van der Waals surface area (Å²) in [7, 11) is 3.16. The molecule has 11 nitrogen and oxygen atoms in total. The zero-order valence-corrected chi connectivity index (χ0v) is 20.6. The monoisotopic (exact) mass is 537 g/mol. The second-order valence-corrected chi connectivity index (χ2v) is 9.80. The number of fused-ring (bicyclic) bond motifs is 2. The van der Waals surface area contributed by atoms with E-state index in [1.165, 1.54) is 18.2 Å². The number of aliphatic hydroxyl groups excluding tert-OH is 2. The van der Waals surface area contributed by atoms with Crippen LogP contribution in [0.2, 0.25) is 0 Å². The number of likely N-dealkylation sites (N-methyl/N-ethyl adjacent to an activating group) is 2. The first-order valence-corrected chi connectivity index (χ1v) is 12.0. The number of halogens is 3. The minimum absolute atomic E-state index is 0.0423. The Morgan fingerprint density at radius 2 is 1.76 bits per heavy atom. The van der Waals surface area contributed by atoms with Crippen molar-refractivity contribution in [3.63, 3.8) is 0 Å². The van der Waals surface area contributed by atoms with Crippen molar-refractivity contribution in [2.45, 2.75) is 86.5 Å². The van der Waals surface area contributed by atoms with Crippen molar-refractivity contribution in [1.29, 1.82) is 0 Å². The van der Waals surface area contributed by atoms with Crippen LogP contribution < -0.4 is 20.7 Å². The molecule has 2 aliphatic heterocycles. The van der Waals surface area contributed by atoms with E-state index >= 15 is 0 Å². The standard InChI is InChI=1S/C23H34F3N3O8/c1-11-8-21(32,10-29-9-12-5-4-6-13(7-12)36-23(24,25)26)22(33)20(34-11)35-19-17(31)14(27-2)16(30)15(28-3)18(19)37-22/h4-7,11,14-20,27-33H,8-10H2,1-3H3/t11-,14-,15+,16+,17+,18?,19-,20?,21-,22-/m1/s1. The zero-order chi connectivity index (χ0) is 27.2. The Morgan fingerprint density at radius 1 is 1.05 bits per heavy atom. The number of rotatable bonds is 7. The molecule has 0 spiro atoms. The smallest absolute Gasteiger partial charge is 0.406 e. The third kappa shape index (κ3) is 5.45. The molecule has 3 aliphatic rings. The van der Waals surface area contributed by atoms with Crippen molar-refractivity contribution in [1.82, 2.24) is 16.0 Å². The first-order chi connectivity index (χ1) is 17.3. The largest absolute Gasteiger partial charge is 0.573 e. The lowest BCUT2D eigenvalue weighted by atomic mass is 9.77. The van der Waals surface area contributed by atoms with Crippen molar-refractivity contribution in [2.24, 2.45) is 0 Å². The molecule has 1 saturated carbocycles.